The lowest BCUT2D eigenvalue weighted by atomic mass is 10.1. The molecule has 0 saturated heterocycles. The second kappa shape index (κ2) is 2.08. The first-order valence-corrected chi connectivity index (χ1v) is 4.34. The van der Waals surface area contributed by atoms with Crippen molar-refractivity contribution in [1.82, 2.24) is 0 Å². The molecule has 2 fully saturated rings. The Labute approximate surface area is 61.8 Å². The number of fused-ring (bicyclic) bond motifs is 1. The van der Waals surface area contributed by atoms with E-state index in [0.717, 1.165) is 30.6 Å². The number of hydrogen-bond acceptors (Lipinski definition) is 1. The molecule has 0 amide bonds. The van der Waals surface area contributed by atoms with Gasteiger partial charge in [0.1, 0.15) is 5.78 Å². The number of hydrogen-bond donors (Lipinski definition) is 0. The number of Topliss-reactive ketones (excluding diaryl/α,β-unsaturated/α-hetero) is 1. The minimum absolute atomic E-state index is 0.516. The van der Waals surface area contributed by atoms with Gasteiger partial charge in [-0.2, -0.15) is 0 Å². The number of ketones is 1. The standard InChI is InChI=1S/C9H14O/c1-2-3-7-8-4-6(10)5-9(7)8/h7-9H,2-5H2,1H3/t7?,8-,9?/m1/s1. The lowest BCUT2D eigenvalue weighted by Gasteiger charge is -1.97. The first-order chi connectivity index (χ1) is 4.83. The summed E-state index contributed by atoms with van der Waals surface area (Å²) in [6.45, 7) is 2.23. The molecule has 2 aliphatic carbocycles. The molecule has 2 saturated carbocycles. The van der Waals surface area contributed by atoms with E-state index < -0.39 is 0 Å². The molecule has 0 aliphatic heterocycles. The van der Waals surface area contributed by atoms with E-state index in [2.05, 4.69) is 6.92 Å². The molecule has 0 aromatic heterocycles. The molecule has 1 nitrogen and oxygen atoms in total. The third-order valence-corrected chi connectivity index (χ3v) is 3.06. The zero-order chi connectivity index (χ0) is 7.14. The Morgan fingerprint density at radius 3 is 2.50 bits per heavy atom. The highest BCUT2D eigenvalue weighted by atomic mass is 16.1. The highest BCUT2D eigenvalue weighted by Gasteiger charge is 2.54. The van der Waals surface area contributed by atoms with Crippen LogP contribution in [0.15, 0.2) is 0 Å². The van der Waals surface area contributed by atoms with Gasteiger partial charge in [-0.05, 0) is 17.8 Å². The van der Waals surface area contributed by atoms with Gasteiger partial charge in [0.05, 0.1) is 0 Å². The molecule has 2 aliphatic rings. The van der Waals surface area contributed by atoms with Crippen LogP contribution in [0.1, 0.15) is 32.6 Å². The monoisotopic (exact) mass is 138 g/mol. The van der Waals surface area contributed by atoms with Crippen LogP contribution in [0.2, 0.25) is 0 Å². The van der Waals surface area contributed by atoms with Gasteiger partial charge in [0.15, 0.2) is 0 Å². The lowest BCUT2D eigenvalue weighted by molar-refractivity contribution is -0.118. The maximum Gasteiger partial charge on any atom is 0.133 e. The van der Waals surface area contributed by atoms with Gasteiger partial charge in [-0.15, -0.1) is 0 Å². The van der Waals surface area contributed by atoms with Gasteiger partial charge >= 0.3 is 0 Å². The SMILES string of the molecule is CCCC1C2CC(=O)C[C@H]12. The Balaban J connectivity index is 1.86. The molecule has 2 rings (SSSR count). The average Bonchev–Trinajstić information content (AvgIpc) is 2.43. The van der Waals surface area contributed by atoms with E-state index in [9.17, 15) is 4.79 Å². The number of carbonyl (C=O) groups is 1. The van der Waals surface area contributed by atoms with Crippen molar-refractivity contribution in [2.24, 2.45) is 17.8 Å². The summed E-state index contributed by atoms with van der Waals surface area (Å²) in [5.74, 6) is 3.12. The highest BCUT2D eigenvalue weighted by Crippen LogP contribution is 2.57. The van der Waals surface area contributed by atoms with Crippen LogP contribution in [0.3, 0.4) is 0 Å². The van der Waals surface area contributed by atoms with Gasteiger partial charge in [0.2, 0.25) is 0 Å². The molecular formula is C9H14O. The fourth-order valence-corrected chi connectivity index (χ4v) is 2.50. The Bertz CT molecular complexity index is 148. The van der Waals surface area contributed by atoms with Gasteiger partial charge in [-0.3, -0.25) is 4.79 Å². The Kier molecular flexibility index (Phi) is 1.33. The van der Waals surface area contributed by atoms with Gasteiger partial charge in [0, 0.05) is 12.8 Å². The molecule has 0 bridgehead atoms. The summed E-state index contributed by atoms with van der Waals surface area (Å²) in [6.07, 6.45) is 4.49. The minimum Gasteiger partial charge on any atom is -0.300 e. The van der Waals surface area contributed by atoms with E-state index in [1.54, 1.807) is 0 Å². The summed E-state index contributed by atoms with van der Waals surface area (Å²) in [6, 6.07) is 0. The van der Waals surface area contributed by atoms with Gasteiger partial charge in [-0.25, -0.2) is 0 Å². The largest absolute Gasteiger partial charge is 0.300 e. The quantitative estimate of drug-likeness (QED) is 0.570. The molecule has 0 aromatic carbocycles. The molecule has 0 spiro atoms. The zero-order valence-corrected chi connectivity index (χ0v) is 6.47. The van der Waals surface area contributed by atoms with Crippen molar-refractivity contribution in [3.05, 3.63) is 0 Å². The van der Waals surface area contributed by atoms with E-state index in [1.165, 1.54) is 12.8 Å². The predicted octanol–water partition coefficient (Wildman–Crippen LogP) is 2.01. The molecule has 3 atom stereocenters. The van der Waals surface area contributed by atoms with Crippen LogP contribution in [-0.2, 0) is 4.79 Å². The van der Waals surface area contributed by atoms with Gasteiger partial charge < -0.3 is 0 Å². The summed E-state index contributed by atoms with van der Waals surface area (Å²) in [4.78, 5) is 10.8. The first kappa shape index (κ1) is 6.38. The predicted molar refractivity (Wildman–Crippen MR) is 39.6 cm³/mol. The van der Waals surface area contributed by atoms with Crippen LogP contribution < -0.4 is 0 Å². The van der Waals surface area contributed by atoms with E-state index in [1.807, 2.05) is 0 Å². The number of rotatable bonds is 2. The van der Waals surface area contributed by atoms with E-state index in [4.69, 9.17) is 0 Å². The highest BCUT2D eigenvalue weighted by molar-refractivity contribution is 5.82. The maximum atomic E-state index is 10.8. The Hall–Kier alpha value is -0.330. The Morgan fingerprint density at radius 1 is 1.40 bits per heavy atom. The van der Waals surface area contributed by atoms with Crippen molar-refractivity contribution < 1.29 is 4.79 Å². The summed E-state index contributed by atoms with van der Waals surface area (Å²) in [5.41, 5.74) is 0. The van der Waals surface area contributed by atoms with E-state index in [0.29, 0.717) is 5.78 Å². The molecule has 10 heavy (non-hydrogen) atoms. The summed E-state index contributed by atoms with van der Waals surface area (Å²) >= 11 is 0. The van der Waals surface area contributed by atoms with Crippen LogP contribution in [0.4, 0.5) is 0 Å². The van der Waals surface area contributed by atoms with Crippen LogP contribution >= 0.6 is 0 Å². The fraction of sp³-hybridized carbons (Fsp3) is 0.889. The van der Waals surface area contributed by atoms with Crippen molar-refractivity contribution in [2.45, 2.75) is 32.6 Å². The molecular weight excluding hydrogens is 124 g/mol. The third kappa shape index (κ3) is 0.799. The molecule has 2 unspecified atom stereocenters. The lowest BCUT2D eigenvalue weighted by Crippen LogP contribution is -1.97. The second-order valence-electron chi connectivity index (χ2n) is 3.73. The van der Waals surface area contributed by atoms with Crippen LogP contribution in [0, 0.1) is 17.8 Å². The molecule has 0 N–H and O–H groups in total. The minimum atomic E-state index is 0.516. The molecule has 0 aromatic rings. The molecule has 0 heterocycles. The summed E-state index contributed by atoms with van der Waals surface area (Å²) in [5, 5.41) is 0. The first-order valence-electron chi connectivity index (χ1n) is 4.34. The summed E-state index contributed by atoms with van der Waals surface area (Å²) in [7, 11) is 0. The molecule has 1 heteroatoms. The van der Waals surface area contributed by atoms with Crippen LogP contribution in [0.25, 0.3) is 0 Å². The van der Waals surface area contributed by atoms with Crippen molar-refractivity contribution in [1.29, 1.82) is 0 Å². The summed E-state index contributed by atoms with van der Waals surface area (Å²) < 4.78 is 0. The van der Waals surface area contributed by atoms with E-state index >= 15 is 0 Å². The van der Waals surface area contributed by atoms with Crippen molar-refractivity contribution in [3.8, 4) is 0 Å². The fourth-order valence-electron chi connectivity index (χ4n) is 2.50. The van der Waals surface area contributed by atoms with E-state index in [-0.39, 0.29) is 0 Å². The van der Waals surface area contributed by atoms with Crippen molar-refractivity contribution >= 4 is 5.78 Å². The maximum absolute atomic E-state index is 10.8. The van der Waals surface area contributed by atoms with Gasteiger partial charge in [0.25, 0.3) is 0 Å². The Morgan fingerprint density at radius 2 is 2.00 bits per heavy atom. The second-order valence-corrected chi connectivity index (χ2v) is 3.73. The van der Waals surface area contributed by atoms with Crippen LogP contribution in [0.5, 0.6) is 0 Å². The zero-order valence-electron chi connectivity index (χ0n) is 6.47. The average molecular weight is 138 g/mol. The van der Waals surface area contributed by atoms with Crippen molar-refractivity contribution in [3.63, 3.8) is 0 Å². The third-order valence-electron chi connectivity index (χ3n) is 3.06. The normalized spacial score (nSPS) is 43.7. The van der Waals surface area contributed by atoms with Crippen LogP contribution in [-0.4, -0.2) is 5.78 Å². The topological polar surface area (TPSA) is 17.1 Å². The molecule has 56 valence electrons. The smallest absolute Gasteiger partial charge is 0.133 e. The van der Waals surface area contributed by atoms with Gasteiger partial charge in [-0.1, -0.05) is 19.8 Å². The molecule has 0 radical (unpaired) electrons. The number of carbonyl (C=O) groups excluding carboxylic acids is 1. The van der Waals surface area contributed by atoms with Crippen molar-refractivity contribution in [2.75, 3.05) is 0 Å².